The van der Waals surface area contributed by atoms with E-state index in [1.54, 1.807) is 44.2 Å². The van der Waals surface area contributed by atoms with Crippen LogP contribution in [0.4, 0.5) is 0 Å². The Balaban J connectivity index is 1.81. The zero-order valence-electron chi connectivity index (χ0n) is 12.9. The normalized spacial score (nSPS) is 38.7. The van der Waals surface area contributed by atoms with Crippen molar-refractivity contribution in [2.24, 2.45) is 5.92 Å². The van der Waals surface area contributed by atoms with Gasteiger partial charge in [0.2, 0.25) is 0 Å². The number of benzene rings is 1. The minimum Gasteiger partial charge on any atom is -0.387 e. The molecule has 1 aliphatic heterocycles. The third kappa shape index (κ3) is 2.80. The smallest absolute Gasteiger partial charge is 0.181 e. The van der Waals surface area contributed by atoms with Crippen molar-refractivity contribution >= 4 is 9.84 Å². The Labute approximate surface area is 131 Å². The Morgan fingerprint density at radius 3 is 2.64 bits per heavy atom. The molecule has 1 saturated carbocycles. The highest BCUT2D eigenvalue weighted by molar-refractivity contribution is 7.91. The van der Waals surface area contributed by atoms with Gasteiger partial charge >= 0.3 is 0 Å². The second kappa shape index (κ2) is 5.30. The first-order valence-corrected chi connectivity index (χ1v) is 9.23. The van der Waals surface area contributed by atoms with Gasteiger partial charge in [-0.1, -0.05) is 18.2 Å². The van der Waals surface area contributed by atoms with Gasteiger partial charge in [0.25, 0.3) is 0 Å². The average Bonchev–Trinajstić information content (AvgIpc) is 2.46. The largest absolute Gasteiger partial charge is 0.387 e. The molecule has 1 aromatic rings. The molecule has 0 aromatic heterocycles. The number of hydrogen-bond acceptors (Lipinski definition) is 5. The van der Waals surface area contributed by atoms with Gasteiger partial charge in [-0.2, -0.15) is 0 Å². The first kappa shape index (κ1) is 15.9. The summed E-state index contributed by atoms with van der Waals surface area (Å²) in [5.74, 6) is -0.0613. The number of hydrogen-bond donors (Lipinski definition) is 1. The van der Waals surface area contributed by atoms with Crippen LogP contribution < -0.4 is 0 Å². The van der Waals surface area contributed by atoms with Crippen molar-refractivity contribution in [1.29, 1.82) is 0 Å². The Kier molecular flexibility index (Phi) is 3.84. The van der Waals surface area contributed by atoms with Crippen molar-refractivity contribution < 1.29 is 23.3 Å². The molecule has 0 spiro atoms. The molecule has 1 N–H and O–H groups in total. The van der Waals surface area contributed by atoms with E-state index in [1.165, 1.54) is 0 Å². The lowest BCUT2D eigenvalue weighted by Gasteiger charge is -2.50. The molecule has 2 fully saturated rings. The lowest BCUT2D eigenvalue weighted by atomic mass is 9.71. The van der Waals surface area contributed by atoms with E-state index < -0.39 is 27.1 Å². The molecule has 0 radical (unpaired) electrons. The Bertz CT molecular complexity index is 640. The number of sulfone groups is 1. The molecule has 3 rings (SSSR count). The van der Waals surface area contributed by atoms with E-state index in [9.17, 15) is 13.5 Å². The molecule has 1 aromatic carbocycles. The lowest BCUT2D eigenvalue weighted by Crippen LogP contribution is -2.58. The highest BCUT2D eigenvalue weighted by Crippen LogP contribution is 2.45. The van der Waals surface area contributed by atoms with Crippen LogP contribution in [0.3, 0.4) is 0 Å². The first-order chi connectivity index (χ1) is 10.2. The molecule has 6 heteroatoms. The minimum absolute atomic E-state index is 0.0602. The summed E-state index contributed by atoms with van der Waals surface area (Å²) in [5.41, 5.74) is -1.79. The number of fused-ring (bicyclic) bond motifs is 2. The first-order valence-electron chi connectivity index (χ1n) is 7.58. The summed E-state index contributed by atoms with van der Waals surface area (Å²) < 4.78 is 25.2. The highest BCUT2D eigenvalue weighted by atomic mass is 32.2. The van der Waals surface area contributed by atoms with Crippen molar-refractivity contribution in [2.75, 3.05) is 5.75 Å². The SMILES string of the molecule is CC1(O)CCC2CC1OO[C@@]2(C)CS(=O)(=O)c1ccccc1. The van der Waals surface area contributed by atoms with E-state index in [0.29, 0.717) is 17.7 Å². The Hall–Kier alpha value is -0.950. The average molecular weight is 326 g/mol. The molecule has 1 heterocycles. The van der Waals surface area contributed by atoms with E-state index in [-0.39, 0.29) is 11.7 Å². The van der Waals surface area contributed by atoms with E-state index in [4.69, 9.17) is 9.78 Å². The fraction of sp³-hybridized carbons (Fsp3) is 0.625. The van der Waals surface area contributed by atoms with Gasteiger partial charge in [0.15, 0.2) is 9.84 Å². The Morgan fingerprint density at radius 1 is 1.27 bits per heavy atom. The van der Waals surface area contributed by atoms with Crippen LogP contribution in [0.5, 0.6) is 0 Å². The zero-order chi connectivity index (χ0) is 16.0. The van der Waals surface area contributed by atoms with Gasteiger partial charge in [-0.05, 0) is 51.2 Å². The maximum Gasteiger partial charge on any atom is 0.181 e. The maximum absolute atomic E-state index is 12.6. The zero-order valence-corrected chi connectivity index (χ0v) is 13.7. The maximum atomic E-state index is 12.6. The fourth-order valence-corrected chi connectivity index (χ4v) is 5.20. The predicted molar refractivity (Wildman–Crippen MR) is 80.8 cm³/mol. The van der Waals surface area contributed by atoms with Gasteiger partial charge in [-0.15, -0.1) is 0 Å². The molecule has 1 aliphatic carbocycles. The molecular weight excluding hydrogens is 304 g/mol. The summed E-state index contributed by atoms with van der Waals surface area (Å²) in [7, 11) is -3.45. The molecule has 5 nitrogen and oxygen atoms in total. The minimum atomic E-state index is -3.45. The van der Waals surface area contributed by atoms with E-state index in [0.717, 1.165) is 6.42 Å². The van der Waals surface area contributed by atoms with Gasteiger partial charge < -0.3 is 5.11 Å². The predicted octanol–water partition coefficient (Wildman–Crippen LogP) is 2.10. The Morgan fingerprint density at radius 2 is 1.95 bits per heavy atom. The van der Waals surface area contributed by atoms with Crippen LogP contribution in [0.15, 0.2) is 35.2 Å². The second-order valence-electron chi connectivity index (χ2n) is 6.88. The van der Waals surface area contributed by atoms with Crippen LogP contribution in [0.2, 0.25) is 0 Å². The van der Waals surface area contributed by atoms with Gasteiger partial charge in [-0.25, -0.2) is 18.2 Å². The van der Waals surface area contributed by atoms with E-state index in [2.05, 4.69) is 0 Å². The molecule has 0 amide bonds. The third-order valence-corrected chi connectivity index (χ3v) is 6.93. The molecule has 4 atom stereocenters. The fourth-order valence-electron chi connectivity index (χ4n) is 3.42. The highest BCUT2D eigenvalue weighted by Gasteiger charge is 2.53. The monoisotopic (exact) mass is 326 g/mol. The molecule has 2 bridgehead atoms. The summed E-state index contributed by atoms with van der Waals surface area (Å²) in [4.78, 5) is 11.1. The number of rotatable bonds is 3. The summed E-state index contributed by atoms with van der Waals surface area (Å²) in [5, 5.41) is 10.2. The van der Waals surface area contributed by atoms with Crippen molar-refractivity contribution in [2.45, 2.75) is 55.3 Å². The quantitative estimate of drug-likeness (QED) is 0.861. The number of aliphatic hydroxyl groups is 1. The summed E-state index contributed by atoms with van der Waals surface area (Å²) >= 11 is 0. The summed E-state index contributed by atoms with van der Waals surface area (Å²) in [6.07, 6.45) is 1.55. The van der Waals surface area contributed by atoms with E-state index >= 15 is 0 Å². The van der Waals surface area contributed by atoms with Crippen LogP contribution in [0.1, 0.15) is 33.1 Å². The van der Waals surface area contributed by atoms with Crippen molar-refractivity contribution in [3.63, 3.8) is 0 Å². The van der Waals surface area contributed by atoms with Gasteiger partial charge in [-0.3, -0.25) is 0 Å². The van der Waals surface area contributed by atoms with Crippen LogP contribution >= 0.6 is 0 Å². The lowest BCUT2D eigenvalue weighted by molar-refractivity contribution is -0.441. The van der Waals surface area contributed by atoms with Crippen LogP contribution in [-0.4, -0.2) is 36.6 Å². The molecule has 22 heavy (non-hydrogen) atoms. The summed E-state index contributed by atoms with van der Waals surface area (Å²) in [6.45, 7) is 3.52. The molecule has 3 unspecified atom stereocenters. The van der Waals surface area contributed by atoms with Crippen LogP contribution in [0, 0.1) is 5.92 Å². The molecule has 2 aliphatic rings. The van der Waals surface area contributed by atoms with Crippen molar-refractivity contribution in [3.8, 4) is 0 Å². The topological polar surface area (TPSA) is 72.8 Å². The molecule has 1 saturated heterocycles. The van der Waals surface area contributed by atoms with Gasteiger partial charge in [0.05, 0.1) is 16.2 Å². The second-order valence-corrected chi connectivity index (χ2v) is 8.87. The third-order valence-electron chi connectivity index (χ3n) is 4.99. The van der Waals surface area contributed by atoms with Crippen molar-refractivity contribution in [1.82, 2.24) is 0 Å². The molecule has 122 valence electrons. The summed E-state index contributed by atoms with van der Waals surface area (Å²) in [6, 6.07) is 8.39. The van der Waals surface area contributed by atoms with Crippen molar-refractivity contribution in [3.05, 3.63) is 30.3 Å². The van der Waals surface area contributed by atoms with Gasteiger partial charge in [0, 0.05) is 0 Å². The van der Waals surface area contributed by atoms with Gasteiger partial charge in [0.1, 0.15) is 11.7 Å². The van der Waals surface area contributed by atoms with E-state index in [1.807, 2.05) is 0 Å². The standard InChI is InChI=1S/C16H22O5S/c1-15(17)9-8-12-10-14(15)20-21-16(12,2)11-22(18,19)13-6-4-3-5-7-13/h3-7,12,14,17H,8-11H2,1-2H3/t12?,14?,15?,16-/m0/s1. The van der Waals surface area contributed by atoms with Crippen LogP contribution in [-0.2, 0) is 19.6 Å². The van der Waals surface area contributed by atoms with Crippen LogP contribution in [0.25, 0.3) is 0 Å². The molecular formula is C16H22O5S.